The van der Waals surface area contributed by atoms with E-state index in [9.17, 15) is 8.42 Å². The molecule has 0 unspecified atom stereocenters. The van der Waals surface area contributed by atoms with Gasteiger partial charge in [0.1, 0.15) is 4.21 Å². The Morgan fingerprint density at radius 2 is 1.95 bits per heavy atom. The minimum atomic E-state index is -3.38. The first-order chi connectivity index (χ1) is 9.57. The van der Waals surface area contributed by atoms with E-state index in [0.29, 0.717) is 34.0 Å². The van der Waals surface area contributed by atoms with Crippen molar-refractivity contribution in [2.45, 2.75) is 30.4 Å². The number of nitrogens with zero attached hydrogens (tertiary/aromatic N) is 3. The van der Waals surface area contributed by atoms with Crippen LogP contribution in [0.5, 0.6) is 0 Å². The maximum Gasteiger partial charge on any atom is 0.257 e. The largest absolute Gasteiger partial charge is 0.420 e. The summed E-state index contributed by atoms with van der Waals surface area (Å²) in [4.78, 5) is 0.682. The maximum atomic E-state index is 12.5. The fourth-order valence-electron chi connectivity index (χ4n) is 2.20. The van der Waals surface area contributed by atoms with Crippen LogP contribution in [-0.4, -0.2) is 36.0 Å². The van der Waals surface area contributed by atoms with Crippen molar-refractivity contribution in [1.82, 2.24) is 14.5 Å². The smallest absolute Gasteiger partial charge is 0.257 e. The van der Waals surface area contributed by atoms with Crippen LogP contribution >= 0.6 is 11.3 Å². The van der Waals surface area contributed by atoms with E-state index in [-0.39, 0.29) is 0 Å². The van der Waals surface area contributed by atoms with Gasteiger partial charge in [0.15, 0.2) is 0 Å². The molecule has 0 radical (unpaired) electrons. The van der Waals surface area contributed by atoms with E-state index >= 15 is 0 Å². The number of hydrogen-bond acceptors (Lipinski definition) is 6. The van der Waals surface area contributed by atoms with Gasteiger partial charge in [-0.2, -0.15) is 4.31 Å². The Morgan fingerprint density at radius 3 is 2.60 bits per heavy atom. The van der Waals surface area contributed by atoms with Crippen molar-refractivity contribution in [3.05, 3.63) is 18.0 Å². The Morgan fingerprint density at radius 1 is 1.20 bits per heavy atom. The van der Waals surface area contributed by atoms with Crippen molar-refractivity contribution in [2.75, 3.05) is 13.1 Å². The lowest BCUT2D eigenvalue weighted by Crippen LogP contribution is -2.35. The highest BCUT2D eigenvalue weighted by Gasteiger charge is 2.28. The lowest BCUT2D eigenvalue weighted by Gasteiger charge is -2.25. The Labute approximate surface area is 121 Å². The second-order valence-electron chi connectivity index (χ2n) is 4.71. The number of thiophene rings is 1. The molecule has 1 saturated heterocycles. The van der Waals surface area contributed by atoms with Crippen molar-refractivity contribution in [3.63, 3.8) is 0 Å². The minimum absolute atomic E-state index is 0.338. The van der Waals surface area contributed by atoms with Gasteiger partial charge in [-0.1, -0.05) is 6.42 Å². The molecule has 0 aliphatic carbocycles. The van der Waals surface area contributed by atoms with Gasteiger partial charge in [-0.05, 0) is 25.0 Å². The highest BCUT2D eigenvalue weighted by molar-refractivity contribution is 7.91. The van der Waals surface area contributed by atoms with Gasteiger partial charge in [0.25, 0.3) is 15.9 Å². The highest BCUT2D eigenvalue weighted by atomic mass is 32.2. The fraction of sp³-hybridized carbons (Fsp3) is 0.500. The summed E-state index contributed by atoms with van der Waals surface area (Å²) in [5, 5.41) is 7.66. The molecule has 0 amide bonds. The fourth-order valence-corrected chi connectivity index (χ4v) is 5.10. The third-order valence-electron chi connectivity index (χ3n) is 3.23. The van der Waals surface area contributed by atoms with Crippen molar-refractivity contribution < 1.29 is 12.8 Å². The van der Waals surface area contributed by atoms with Crippen molar-refractivity contribution in [2.24, 2.45) is 0 Å². The molecule has 0 N–H and O–H groups in total. The first-order valence-electron chi connectivity index (χ1n) is 6.48. The number of aryl methyl sites for hydroxylation is 1. The van der Waals surface area contributed by atoms with Gasteiger partial charge >= 0.3 is 0 Å². The van der Waals surface area contributed by atoms with Crippen LogP contribution in [0.1, 0.15) is 25.2 Å². The predicted octanol–water partition coefficient (Wildman–Crippen LogP) is 2.28. The number of sulfonamides is 1. The first kappa shape index (κ1) is 13.7. The van der Waals surface area contributed by atoms with E-state index in [1.165, 1.54) is 11.3 Å². The molecule has 0 spiro atoms. The van der Waals surface area contributed by atoms with Crippen LogP contribution < -0.4 is 0 Å². The summed E-state index contributed by atoms with van der Waals surface area (Å²) in [5.74, 6) is 0.835. The third kappa shape index (κ3) is 2.50. The molecule has 1 aliphatic rings. The van der Waals surface area contributed by atoms with Gasteiger partial charge in [0, 0.05) is 20.0 Å². The summed E-state index contributed by atoms with van der Waals surface area (Å²) in [6, 6.07) is 3.33. The van der Waals surface area contributed by atoms with Crippen molar-refractivity contribution in [3.8, 4) is 10.8 Å². The molecular weight excluding hydrogens is 298 g/mol. The molecule has 8 heteroatoms. The quantitative estimate of drug-likeness (QED) is 0.869. The monoisotopic (exact) mass is 313 g/mol. The average molecular weight is 313 g/mol. The standard InChI is InChI=1S/C12H15N3O3S2/c1-9-13-14-12(18-9)10-5-6-11(19-10)20(16,17)15-7-3-2-4-8-15/h5-6H,2-4,7-8H2,1H3. The van der Waals surface area contributed by atoms with Gasteiger partial charge in [-0.25, -0.2) is 8.42 Å². The normalized spacial score (nSPS) is 17.4. The van der Waals surface area contributed by atoms with E-state index in [1.807, 2.05) is 0 Å². The Balaban J connectivity index is 1.89. The molecule has 1 fully saturated rings. The topological polar surface area (TPSA) is 76.3 Å². The Kier molecular flexibility index (Phi) is 3.61. The summed E-state index contributed by atoms with van der Waals surface area (Å²) in [5.41, 5.74) is 0. The van der Waals surface area contributed by atoms with Gasteiger partial charge < -0.3 is 4.42 Å². The molecule has 20 heavy (non-hydrogen) atoms. The number of piperidine rings is 1. The zero-order valence-corrected chi connectivity index (χ0v) is 12.7. The van der Waals surface area contributed by atoms with Crippen LogP contribution in [0.3, 0.4) is 0 Å². The number of aromatic nitrogens is 2. The molecule has 0 bridgehead atoms. The molecule has 3 rings (SSSR count). The summed E-state index contributed by atoms with van der Waals surface area (Å²) in [7, 11) is -3.38. The second-order valence-corrected chi connectivity index (χ2v) is 7.96. The average Bonchev–Trinajstić information content (AvgIpc) is 3.08. The highest BCUT2D eigenvalue weighted by Crippen LogP contribution is 2.32. The summed E-state index contributed by atoms with van der Waals surface area (Å²) >= 11 is 1.17. The van der Waals surface area contributed by atoms with E-state index in [4.69, 9.17) is 4.42 Å². The lowest BCUT2D eigenvalue weighted by molar-refractivity contribution is 0.347. The van der Waals surface area contributed by atoms with Crippen LogP contribution in [0.2, 0.25) is 0 Å². The zero-order valence-electron chi connectivity index (χ0n) is 11.1. The first-order valence-corrected chi connectivity index (χ1v) is 8.73. The molecule has 0 saturated carbocycles. The minimum Gasteiger partial charge on any atom is -0.420 e. The van der Waals surface area contributed by atoms with Gasteiger partial charge in [-0.3, -0.25) is 0 Å². The molecular formula is C12H15N3O3S2. The predicted molar refractivity (Wildman–Crippen MR) is 75.0 cm³/mol. The summed E-state index contributed by atoms with van der Waals surface area (Å²) in [6.07, 6.45) is 2.96. The van der Waals surface area contributed by atoms with E-state index in [1.54, 1.807) is 23.4 Å². The lowest BCUT2D eigenvalue weighted by atomic mass is 10.2. The molecule has 108 valence electrons. The molecule has 0 atom stereocenters. The van der Waals surface area contributed by atoms with Crippen LogP contribution in [0.4, 0.5) is 0 Å². The van der Waals surface area contributed by atoms with E-state index in [2.05, 4.69) is 10.2 Å². The Bertz CT molecular complexity index is 699. The SMILES string of the molecule is Cc1nnc(-c2ccc(S(=O)(=O)N3CCCCC3)s2)o1. The number of rotatable bonds is 3. The molecule has 3 heterocycles. The van der Waals surface area contributed by atoms with Gasteiger partial charge in [0.2, 0.25) is 5.89 Å². The number of hydrogen-bond donors (Lipinski definition) is 0. The molecule has 0 aromatic carbocycles. The van der Waals surface area contributed by atoms with Crippen LogP contribution in [0, 0.1) is 6.92 Å². The molecule has 1 aliphatic heterocycles. The van der Waals surface area contributed by atoms with Crippen LogP contribution in [0.15, 0.2) is 20.8 Å². The van der Waals surface area contributed by atoms with Crippen molar-refractivity contribution in [1.29, 1.82) is 0 Å². The third-order valence-corrected chi connectivity index (χ3v) is 6.67. The van der Waals surface area contributed by atoms with E-state index < -0.39 is 10.0 Å². The zero-order chi connectivity index (χ0) is 14.2. The summed E-state index contributed by atoms with van der Waals surface area (Å²) < 4.78 is 32.2. The van der Waals surface area contributed by atoms with Crippen molar-refractivity contribution >= 4 is 21.4 Å². The van der Waals surface area contributed by atoms with Crippen LogP contribution in [-0.2, 0) is 10.0 Å². The summed E-state index contributed by atoms with van der Waals surface area (Å²) in [6.45, 7) is 2.92. The maximum absolute atomic E-state index is 12.5. The second kappa shape index (κ2) is 5.27. The van der Waals surface area contributed by atoms with Gasteiger partial charge in [0.05, 0.1) is 4.88 Å². The Hall–Kier alpha value is -1.25. The molecule has 2 aromatic rings. The van der Waals surface area contributed by atoms with Gasteiger partial charge in [-0.15, -0.1) is 21.5 Å². The van der Waals surface area contributed by atoms with E-state index in [0.717, 1.165) is 19.3 Å². The molecule has 2 aromatic heterocycles. The van der Waals surface area contributed by atoms with Crippen LogP contribution in [0.25, 0.3) is 10.8 Å². The molecule has 6 nitrogen and oxygen atoms in total.